The van der Waals surface area contributed by atoms with Gasteiger partial charge in [0.1, 0.15) is 17.2 Å². The first kappa shape index (κ1) is 27.4. The summed E-state index contributed by atoms with van der Waals surface area (Å²) in [7, 11) is 0.166. The maximum absolute atomic E-state index is 15.0. The van der Waals surface area contributed by atoms with Crippen molar-refractivity contribution in [1.29, 1.82) is 0 Å². The number of halogens is 2. The van der Waals surface area contributed by atoms with Crippen molar-refractivity contribution >= 4 is 28.3 Å². The Bertz CT molecular complexity index is 1040. The topological polar surface area (TPSA) is 90.6 Å². The van der Waals surface area contributed by atoms with Crippen LogP contribution in [0.4, 0.5) is 20.2 Å². The molecule has 0 aromatic heterocycles. The monoisotopic (exact) mass is 496 g/mol. The fraction of sp³-hybridized carbons (Fsp3) is 0.375. The fourth-order valence-electron chi connectivity index (χ4n) is 3.61. The molecule has 0 radical (unpaired) electrons. The second-order valence-corrected chi connectivity index (χ2v) is 9.11. The van der Waals surface area contributed by atoms with E-state index < -0.39 is 28.6 Å². The number of carbonyl (C=O) groups is 1. The smallest absolute Gasteiger partial charge is 0.370 e. The van der Waals surface area contributed by atoms with E-state index in [1.54, 1.807) is 11.4 Å². The Kier molecular flexibility index (Phi) is 10.2. The summed E-state index contributed by atoms with van der Waals surface area (Å²) < 4.78 is 53.7. The van der Waals surface area contributed by atoms with Crippen molar-refractivity contribution in [2.45, 2.75) is 44.0 Å². The van der Waals surface area contributed by atoms with Crippen LogP contribution in [0.1, 0.15) is 33.1 Å². The van der Waals surface area contributed by atoms with E-state index in [0.29, 0.717) is 23.4 Å². The third kappa shape index (κ3) is 6.19. The lowest BCUT2D eigenvalue weighted by molar-refractivity contribution is -0.140. The fourth-order valence-corrected chi connectivity index (χ4v) is 4.92. The Hall–Kier alpha value is -2.82. The van der Waals surface area contributed by atoms with Crippen molar-refractivity contribution in [3.05, 3.63) is 60.4 Å². The average molecular weight is 497 g/mol. The van der Waals surface area contributed by atoms with E-state index in [0.717, 1.165) is 24.9 Å². The zero-order valence-corrected chi connectivity index (χ0v) is 20.2. The normalized spacial score (nSPS) is 18.5. The molecule has 2 atom stereocenters. The van der Waals surface area contributed by atoms with Crippen LogP contribution in [-0.2, 0) is 20.5 Å². The van der Waals surface area contributed by atoms with Crippen LogP contribution in [0.5, 0.6) is 5.75 Å². The zero-order valence-electron chi connectivity index (χ0n) is 19.4. The summed E-state index contributed by atoms with van der Waals surface area (Å²) in [4.78, 5) is 13.7. The summed E-state index contributed by atoms with van der Waals surface area (Å²) in [5, 5.41) is 0. The van der Waals surface area contributed by atoms with Crippen LogP contribution in [0.15, 0.2) is 59.4 Å². The number of hydrogen-bond acceptors (Lipinski definition) is 5. The summed E-state index contributed by atoms with van der Waals surface area (Å²) in [5.41, 5.74) is 1.29. The number of ether oxygens (including phenoxy) is 2. The van der Waals surface area contributed by atoms with Crippen molar-refractivity contribution in [2.24, 2.45) is 0 Å². The van der Waals surface area contributed by atoms with Crippen molar-refractivity contribution in [3.8, 4) is 5.75 Å². The number of fused-ring (bicyclic) bond motifs is 1. The predicted octanol–water partition coefficient (Wildman–Crippen LogP) is 4.42. The molecule has 0 fully saturated rings. The summed E-state index contributed by atoms with van der Waals surface area (Å²) in [6.07, 6.45) is 3.28. The molecule has 0 saturated heterocycles. The van der Waals surface area contributed by atoms with Gasteiger partial charge in [-0.3, -0.25) is 0 Å². The quantitative estimate of drug-likeness (QED) is 0.307. The molecule has 2 N–H and O–H groups in total. The number of nitrogens with zero attached hydrogens (tertiary/aromatic N) is 2. The Morgan fingerprint density at radius 2 is 1.94 bits per heavy atom. The molecule has 10 heteroatoms. The lowest BCUT2D eigenvalue weighted by Gasteiger charge is -2.29. The predicted molar refractivity (Wildman–Crippen MR) is 127 cm³/mol. The summed E-state index contributed by atoms with van der Waals surface area (Å²) in [6, 6.07) is 12.0. The van der Waals surface area contributed by atoms with Crippen molar-refractivity contribution in [3.63, 3.8) is 0 Å². The number of benzene rings is 2. The molecule has 0 spiro atoms. The Morgan fingerprint density at radius 3 is 2.59 bits per heavy atom. The molecule has 34 heavy (non-hydrogen) atoms. The molecule has 2 unspecified atom stereocenters. The molecule has 2 aromatic carbocycles. The maximum atomic E-state index is 15.0. The lowest BCUT2D eigenvalue weighted by atomic mass is 10.1. The van der Waals surface area contributed by atoms with Gasteiger partial charge in [-0.05, 0) is 25.5 Å². The van der Waals surface area contributed by atoms with Crippen LogP contribution in [0.3, 0.4) is 0 Å². The summed E-state index contributed by atoms with van der Waals surface area (Å²) >= 11 is 0. The molecule has 3 rings (SSSR count). The van der Waals surface area contributed by atoms with Crippen molar-refractivity contribution in [1.82, 2.24) is 4.31 Å². The van der Waals surface area contributed by atoms with Crippen molar-refractivity contribution in [2.75, 3.05) is 25.1 Å². The number of anilines is 2. The summed E-state index contributed by atoms with van der Waals surface area (Å²) in [6.45, 7) is 4.15. The van der Waals surface area contributed by atoms with Crippen LogP contribution in [0.2, 0.25) is 0 Å². The number of para-hydroxylation sites is 1. The molecule has 0 aliphatic carbocycles. The van der Waals surface area contributed by atoms with Gasteiger partial charge in [0.05, 0.1) is 17.2 Å². The second-order valence-electron chi connectivity index (χ2n) is 7.59. The van der Waals surface area contributed by atoms with E-state index in [2.05, 4.69) is 11.7 Å². The molecule has 0 bridgehead atoms. The average Bonchev–Trinajstić information content (AvgIpc) is 2.91. The largest absolute Gasteiger partial charge is 0.461 e. The van der Waals surface area contributed by atoms with Crippen LogP contribution in [-0.4, -0.2) is 46.2 Å². The first-order valence-electron chi connectivity index (χ1n) is 10.9. The van der Waals surface area contributed by atoms with Gasteiger partial charge < -0.3 is 19.8 Å². The van der Waals surface area contributed by atoms with E-state index in [9.17, 15) is 17.8 Å². The van der Waals surface area contributed by atoms with Crippen LogP contribution in [0.25, 0.3) is 0 Å². The molecule has 1 aliphatic heterocycles. The standard InChI is InChI=1S/C24H28F2N2O4S.H2O/c1-4-6-10-18-15-28(17-11-8-7-9-12-17)21-13-19(25)22(14-23(21)33(30)27(18)3)32-16-20(26)24(29)31-5-2;/h7-9,11-14,16,18H,4-6,10,15H2,1-3H3;1H2/b20-16-;. The number of rotatable bonds is 8. The highest BCUT2D eigenvalue weighted by Crippen LogP contribution is 2.39. The summed E-state index contributed by atoms with van der Waals surface area (Å²) in [5.74, 6) is -3.61. The Balaban J connectivity index is 0.00000408. The molecule has 1 aliphatic rings. The van der Waals surface area contributed by atoms with E-state index in [1.165, 1.54) is 19.1 Å². The van der Waals surface area contributed by atoms with Gasteiger partial charge in [0, 0.05) is 37.5 Å². The number of hydrogen-bond donors (Lipinski definition) is 0. The minimum absolute atomic E-state index is 0. The molecule has 2 aromatic rings. The highest BCUT2D eigenvalue weighted by atomic mass is 32.2. The Labute approximate surface area is 200 Å². The third-order valence-corrected chi connectivity index (χ3v) is 6.90. The highest BCUT2D eigenvalue weighted by molar-refractivity contribution is 7.82. The molecule has 1 heterocycles. The molecule has 7 nitrogen and oxygen atoms in total. The van der Waals surface area contributed by atoms with E-state index >= 15 is 0 Å². The van der Waals surface area contributed by atoms with Crippen LogP contribution in [0, 0.1) is 5.82 Å². The molecule has 0 amide bonds. The lowest BCUT2D eigenvalue weighted by Crippen LogP contribution is -2.38. The van der Waals surface area contributed by atoms with Gasteiger partial charge in [-0.25, -0.2) is 17.7 Å². The number of likely N-dealkylation sites (N-methyl/N-ethyl adjacent to an activating group) is 1. The number of esters is 1. The van der Waals surface area contributed by atoms with Crippen LogP contribution >= 0.6 is 0 Å². The minimum atomic E-state index is -1.61. The maximum Gasteiger partial charge on any atom is 0.370 e. The van der Waals surface area contributed by atoms with Gasteiger partial charge in [0.25, 0.3) is 0 Å². The van der Waals surface area contributed by atoms with Gasteiger partial charge in [0.15, 0.2) is 11.6 Å². The van der Waals surface area contributed by atoms with E-state index in [1.807, 2.05) is 35.2 Å². The van der Waals surface area contributed by atoms with Gasteiger partial charge >= 0.3 is 5.97 Å². The van der Waals surface area contributed by atoms with Gasteiger partial charge in [-0.15, -0.1) is 0 Å². The molecular weight excluding hydrogens is 466 g/mol. The first-order chi connectivity index (χ1) is 15.9. The zero-order chi connectivity index (χ0) is 24.0. The highest BCUT2D eigenvalue weighted by Gasteiger charge is 2.32. The number of carbonyl (C=O) groups excluding carboxylic acids is 1. The molecule has 0 saturated carbocycles. The van der Waals surface area contributed by atoms with Gasteiger partial charge in [-0.1, -0.05) is 38.0 Å². The molecular formula is C24H30F2N2O5S. The van der Waals surface area contributed by atoms with Crippen LogP contribution < -0.4 is 9.64 Å². The van der Waals surface area contributed by atoms with E-state index in [4.69, 9.17) is 4.74 Å². The second kappa shape index (κ2) is 12.6. The number of unbranched alkanes of at least 4 members (excludes halogenated alkanes) is 1. The Morgan fingerprint density at radius 1 is 1.24 bits per heavy atom. The van der Waals surface area contributed by atoms with Crippen molar-refractivity contribution < 1.29 is 32.7 Å². The minimum Gasteiger partial charge on any atom is -0.461 e. The van der Waals surface area contributed by atoms with Gasteiger partial charge in [0.2, 0.25) is 5.83 Å². The van der Waals surface area contributed by atoms with Gasteiger partial charge in [-0.2, -0.15) is 4.39 Å². The molecule has 186 valence electrons. The van der Waals surface area contributed by atoms with E-state index in [-0.39, 0.29) is 23.9 Å². The SMILES string of the molecule is CCCCC1CN(c2ccccc2)c2cc(F)c(O/C=C(\F)C(=O)OCC)cc2S(=O)N1C.O. The third-order valence-electron chi connectivity index (χ3n) is 5.38. The first-order valence-corrected chi connectivity index (χ1v) is 12.0.